The molecule has 194 valence electrons. The molecule has 0 saturated carbocycles. The van der Waals surface area contributed by atoms with Crippen molar-refractivity contribution in [2.75, 3.05) is 13.1 Å². The van der Waals surface area contributed by atoms with Crippen LogP contribution in [0.15, 0.2) is 41.6 Å². The van der Waals surface area contributed by atoms with Crippen molar-refractivity contribution in [3.63, 3.8) is 0 Å². The molecule has 2 aromatic carbocycles. The molecule has 2 aliphatic heterocycles. The first-order chi connectivity index (χ1) is 16.5. The molecule has 1 unspecified atom stereocenters. The molecule has 0 aliphatic carbocycles. The van der Waals surface area contributed by atoms with E-state index >= 15 is 4.39 Å². The number of benzene rings is 2. The molecule has 1 atom stereocenters. The van der Waals surface area contributed by atoms with Crippen molar-refractivity contribution in [2.24, 2.45) is 5.16 Å². The maximum Gasteiger partial charge on any atom is 0.435 e. The fourth-order valence-electron chi connectivity index (χ4n) is 4.01. The van der Waals surface area contributed by atoms with Crippen molar-refractivity contribution >= 4 is 46.4 Å². The number of alkyl halides is 7. The monoisotopic (exact) mass is 576 g/mol. The minimum absolute atomic E-state index is 0.0557. The van der Waals surface area contributed by atoms with Crippen molar-refractivity contribution in [3.05, 3.63) is 68.2 Å². The van der Waals surface area contributed by atoms with Crippen molar-refractivity contribution in [3.8, 4) is 0 Å². The number of carbonyl (C=O) groups excluding carboxylic acids is 1. The molecule has 2 heterocycles. The standard InChI is InChI=1S/C22H14Cl3F7N2O2/c23-14-5-13(6-15(24)18(14)25)20(22(30,31)32)7-16(33-36-20)11-1-3-12(4-2-11)19(26)9-34(10-19)17(35)8-21(27,28)29/h1-6H,7-10H2. The van der Waals surface area contributed by atoms with E-state index in [4.69, 9.17) is 39.6 Å². The fraction of sp³-hybridized carbons (Fsp3) is 0.364. The zero-order valence-corrected chi connectivity index (χ0v) is 20.1. The summed E-state index contributed by atoms with van der Waals surface area (Å²) in [7, 11) is 0. The average Bonchev–Trinajstić information content (AvgIpc) is 3.21. The number of halogens is 10. The number of likely N-dealkylation sites (tertiary alicyclic amines) is 1. The number of rotatable bonds is 4. The number of oxime groups is 1. The van der Waals surface area contributed by atoms with Gasteiger partial charge in [-0.1, -0.05) is 64.2 Å². The Morgan fingerprint density at radius 2 is 1.53 bits per heavy atom. The molecule has 2 aliphatic rings. The van der Waals surface area contributed by atoms with E-state index in [0.29, 0.717) is 0 Å². The molecule has 36 heavy (non-hydrogen) atoms. The highest BCUT2D eigenvalue weighted by atomic mass is 35.5. The lowest BCUT2D eigenvalue weighted by Crippen LogP contribution is -2.59. The molecule has 0 N–H and O–H groups in total. The molecule has 4 nitrogen and oxygen atoms in total. The summed E-state index contributed by atoms with van der Waals surface area (Å²) < 4.78 is 94.7. The van der Waals surface area contributed by atoms with E-state index in [1.807, 2.05) is 0 Å². The van der Waals surface area contributed by atoms with Gasteiger partial charge in [0.1, 0.15) is 6.42 Å². The summed E-state index contributed by atoms with van der Waals surface area (Å²) in [5, 5.41) is 3.07. The van der Waals surface area contributed by atoms with Crippen LogP contribution in [0.3, 0.4) is 0 Å². The second-order valence-electron chi connectivity index (χ2n) is 8.47. The van der Waals surface area contributed by atoms with Crippen LogP contribution >= 0.6 is 34.8 Å². The van der Waals surface area contributed by atoms with Gasteiger partial charge in [-0.3, -0.25) is 4.79 Å². The third-order valence-electron chi connectivity index (χ3n) is 5.96. The lowest BCUT2D eigenvalue weighted by molar-refractivity contribution is -0.275. The molecular weight excluding hydrogens is 564 g/mol. The minimum Gasteiger partial charge on any atom is -0.374 e. The third kappa shape index (κ3) is 4.84. The second kappa shape index (κ2) is 8.95. The van der Waals surface area contributed by atoms with Gasteiger partial charge in [0.2, 0.25) is 5.91 Å². The van der Waals surface area contributed by atoms with Crippen LogP contribution in [0.25, 0.3) is 0 Å². The molecule has 4 rings (SSSR count). The third-order valence-corrected chi connectivity index (χ3v) is 7.16. The summed E-state index contributed by atoms with van der Waals surface area (Å²) in [6.45, 7) is -1.14. The molecular formula is C22H14Cl3F7N2O2. The van der Waals surface area contributed by atoms with Gasteiger partial charge >= 0.3 is 12.4 Å². The van der Waals surface area contributed by atoms with Gasteiger partial charge in [-0.25, -0.2) is 4.39 Å². The fourth-order valence-corrected chi connectivity index (χ4v) is 4.61. The molecule has 14 heteroatoms. The average molecular weight is 578 g/mol. The number of hydrogen-bond acceptors (Lipinski definition) is 3. The number of amides is 1. The lowest BCUT2D eigenvalue weighted by atomic mass is 9.84. The number of nitrogens with zero attached hydrogens (tertiary/aromatic N) is 2. The number of carbonyl (C=O) groups is 1. The number of hydrogen-bond donors (Lipinski definition) is 0. The summed E-state index contributed by atoms with van der Waals surface area (Å²) in [6.07, 6.45) is -12.1. The Morgan fingerprint density at radius 3 is 2.03 bits per heavy atom. The first-order valence-corrected chi connectivity index (χ1v) is 11.3. The predicted octanol–water partition coefficient (Wildman–Crippen LogP) is 7.19. The normalized spacial score (nSPS) is 21.6. The van der Waals surface area contributed by atoms with E-state index in [-0.39, 0.29) is 31.9 Å². The van der Waals surface area contributed by atoms with Crippen LogP contribution in [0, 0.1) is 0 Å². The Hall–Kier alpha value is -2.24. The zero-order chi connectivity index (χ0) is 26.7. The van der Waals surface area contributed by atoms with E-state index in [0.717, 1.165) is 17.0 Å². The molecule has 2 aromatic rings. The van der Waals surface area contributed by atoms with E-state index < -0.39 is 61.0 Å². The van der Waals surface area contributed by atoms with Gasteiger partial charge in [-0.2, -0.15) is 26.3 Å². The maximum atomic E-state index is 15.1. The van der Waals surface area contributed by atoms with Crippen molar-refractivity contribution in [1.29, 1.82) is 0 Å². The van der Waals surface area contributed by atoms with E-state index in [2.05, 4.69) is 5.16 Å². The van der Waals surface area contributed by atoms with Crippen molar-refractivity contribution in [2.45, 2.75) is 36.5 Å². The highest BCUT2D eigenvalue weighted by Crippen LogP contribution is 2.50. The van der Waals surface area contributed by atoms with Crippen LogP contribution in [0.4, 0.5) is 30.7 Å². The quantitative estimate of drug-likeness (QED) is 0.285. The summed E-state index contributed by atoms with van der Waals surface area (Å²) in [6, 6.07) is 7.14. The van der Waals surface area contributed by atoms with Crippen LogP contribution in [-0.4, -0.2) is 42.0 Å². The summed E-state index contributed by atoms with van der Waals surface area (Å²) in [4.78, 5) is 17.3. The van der Waals surface area contributed by atoms with Gasteiger partial charge in [-0.15, -0.1) is 0 Å². The van der Waals surface area contributed by atoms with Crippen molar-refractivity contribution in [1.82, 2.24) is 4.90 Å². The van der Waals surface area contributed by atoms with E-state index in [1.54, 1.807) is 0 Å². The SMILES string of the molecule is O=C(CC(F)(F)F)N1CC(F)(c2ccc(C3=NOC(c4cc(Cl)c(Cl)c(Cl)c4)(C(F)(F)F)C3)cc2)C1. The largest absolute Gasteiger partial charge is 0.435 e. The Bertz CT molecular complexity index is 1200. The Morgan fingerprint density at radius 1 is 0.972 bits per heavy atom. The van der Waals surface area contributed by atoms with Crippen LogP contribution in [0.2, 0.25) is 15.1 Å². The van der Waals surface area contributed by atoms with Gasteiger partial charge in [0, 0.05) is 12.0 Å². The molecule has 1 saturated heterocycles. The summed E-state index contributed by atoms with van der Waals surface area (Å²) in [5.74, 6) is -1.24. The second-order valence-corrected chi connectivity index (χ2v) is 9.66. The zero-order valence-electron chi connectivity index (χ0n) is 17.8. The molecule has 0 spiro atoms. The van der Waals surface area contributed by atoms with Crippen LogP contribution in [-0.2, 0) is 20.9 Å². The van der Waals surface area contributed by atoms with Gasteiger partial charge in [0.15, 0.2) is 5.67 Å². The van der Waals surface area contributed by atoms with Crippen LogP contribution in [0.1, 0.15) is 29.5 Å². The maximum absolute atomic E-state index is 15.1. The smallest absolute Gasteiger partial charge is 0.374 e. The van der Waals surface area contributed by atoms with Gasteiger partial charge in [0.05, 0.1) is 33.9 Å². The predicted molar refractivity (Wildman–Crippen MR) is 118 cm³/mol. The molecule has 1 fully saturated rings. The van der Waals surface area contributed by atoms with Gasteiger partial charge in [0.25, 0.3) is 5.60 Å². The molecule has 0 aromatic heterocycles. The van der Waals surface area contributed by atoms with E-state index in [9.17, 15) is 31.1 Å². The Labute approximate surface area is 214 Å². The van der Waals surface area contributed by atoms with Crippen LogP contribution in [0.5, 0.6) is 0 Å². The first-order valence-electron chi connectivity index (χ1n) is 10.2. The Kier molecular flexibility index (Phi) is 6.67. The van der Waals surface area contributed by atoms with Crippen molar-refractivity contribution < 1.29 is 40.4 Å². The van der Waals surface area contributed by atoms with Crippen LogP contribution < -0.4 is 0 Å². The van der Waals surface area contributed by atoms with E-state index in [1.165, 1.54) is 24.3 Å². The lowest BCUT2D eigenvalue weighted by Gasteiger charge is -2.44. The first kappa shape index (κ1) is 26.8. The topological polar surface area (TPSA) is 41.9 Å². The minimum atomic E-state index is -4.93. The Balaban J connectivity index is 1.52. The summed E-state index contributed by atoms with van der Waals surface area (Å²) in [5.41, 5.74) is -5.23. The van der Waals surface area contributed by atoms with Gasteiger partial charge in [-0.05, 0) is 23.3 Å². The molecule has 0 radical (unpaired) electrons. The summed E-state index contributed by atoms with van der Waals surface area (Å²) >= 11 is 17.7. The highest BCUT2D eigenvalue weighted by molar-refractivity contribution is 6.48. The molecule has 0 bridgehead atoms. The van der Waals surface area contributed by atoms with Gasteiger partial charge < -0.3 is 9.74 Å². The highest BCUT2D eigenvalue weighted by Gasteiger charge is 2.62. The molecule has 1 amide bonds.